The van der Waals surface area contributed by atoms with Gasteiger partial charge in [-0.2, -0.15) is 5.10 Å². The van der Waals surface area contributed by atoms with E-state index in [1.807, 2.05) is 13.8 Å². The molecule has 0 aliphatic carbocycles. The lowest BCUT2D eigenvalue weighted by atomic mass is 9.99. The zero-order valence-corrected chi connectivity index (χ0v) is 18.4. The van der Waals surface area contributed by atoms with Crippen molar-refractivity contribution in [1.82, 2.24) is 19.4 Å². The first kappa shape index (κ1) is 22.3. The number of hydrogen-bond acceptors (Lipinski definition) is 7. The number of carbonyl (C=O) groups excluding carboxylic acids is 1. The van der Waals surface area contributed by atoms with Crippen LogP contribution in [-0.4, -0.2) is 46.8 Å². The summed E-state index contributed by atoms with van der Waals surface area (Å²) in [6, 6.07) is 5.03. The largest absolute Gasteiger partial charge is 0.448 e. The van der Waals surface area contributed by atoms with Gasteiger partial charge in [0.2, 0.25) is 0 Å². The first-order valence-corrected chi connectivity index (χ1v) is 11.5. The molecular formula is C19H23N5O6S. The van der Waals surface area contributed by atoms with Crippen LogP contribution >= 0.6 is 0 Å². The third-order valence-corrected chi connectivity index (χ3v) is 5.63. The molecule has 0 unspecified atom stereocenters. The number of aromatic amines is 1. The third kappa shape index (κ3) is 3.98. The Balaban J connectivity index is 2.38. The van der Waals surface area contributed by atoms with Crippen molar-refractivity contribution in [3.8, 4) is 11.3 Å². The molecule has 0 aliphatic heterocycles. The minimum absolute atomic E-state index is 0.0286. The lowest BCUT2D eigenvalue weighted by Gasteiger charge is -2.20. The smallest absolute Gasteiger partial charge is 0.444 e. The number of sulfonamides is 1. The van der Waals surface area contributed by atoms with Crippen LogP contribution in [-0.2, 0) is 27.7 Å². The van der Waals surface area contributed by atoms with E-state index in [0.29, 0.717) is 24.8 Å². The van der Waals surface area contributed by atoms with Crippen molar-refractivity contribution in [2.24, 2.45) is 0 Å². The first-order valence-electron chi connectivity index (χ1n) is 9.65. The van der Waals surface area contributed by atoms with Crippen molar-refractivity contribution < 1.29 is 17.9 Å². The van der Waals surface area contributed by atoms with E-state index in [1.54, 1.807) is 29.1 Å². The van der Waals surface area contributed by atoms with Crippen molar-refractivity contribution in [3.05, 3.63) is 50.8 Å². The Morgan fingerprint density at radius 1 is 1.23 bits per heavy atom. The second kappa shape index (κ2) is 8.38. The van der Waals surface area contributed by atoms with Crippen LogP contribution in [0.15, 0.2) is 34.0 Å². The Kier molecular flexibility index (Phi) is 6.02. The number of nitrogens with zero attached hydrogens (tertiary/aromatic N) is 4. The topological polar surface area (TPSA) is 136 Å². The number of fused-ring (bicyclic) bond motifs is 1. The summed E-state index contributed by atoms with van der Waals surface area (Å²) in [7, 11) is -4.34. The number of hydrogen-bond donors (Lipinski definition) is 1. The fraction of sp³-hybridized carbons (Fsp3) is 0.368. The van der Waals surface area contributed by atoms with Crippen LogP contribution in [0.1, 0.15) is 26.3 Å². The molecule has 11 nitrogen and oxygen atoms in total. The van der Waals surface area contributed by atoms with Crippen molar-refractivity contribution in [2.75, 3.05) is 17.3 Å². The van der Waals surface area contributed by atoms with Gasteiger partial charge >= 0.3 is 11.8 Å². The lowest BCUT2D eigenvalue weighted by molar-refractivity contribution is 0.158. The predicted molar refractivity (Wildman–Crippen MR) is 115 cm³/mol. The van der Waals surface area contributed by atoms with E-state index in [4.69, 9.17) is 4.74 Å². The van der Waals surface area contributed by atoms with E-state index >= 15 is 0 Å². The van der Waals surface area contributed by atoms with Crippen molar-refractivity contribution in [2.45, 2.75) is 33.7 Å². The number of rotatable bonds is 6. The Morgan fingerprint density at radius 2 is 1.94 bits per heavy atom. The van der Waals surface area contributed by atoms with Crippen LogP contribution in [0.4, 0.5) is 4.79 Å². The predicted octanol–water partition coefficient (Wildman–Crippen LogP) is 1.19. The summed E-state index contributed by atoms with van der Waals surface area (Å²) in [5.74, 6) is 0. The summed E-state index contributed by atoms with van der Waals surface area (Å²) in [6.45, 7) is 5.79. The van der Waals surface area contributed by atoms with E-state index < -0.39 is 27.4 Å². The van der Waals surface area contributed by atoms with Gasteiger partial charge in [0.25, 0.3) is 15.6 Å². The molecule has 2 aromatic heterocycles. The average Bonchev–Trinajstić information content (AvgIpc) is 3.18. The molecule has 2 heterocycles. The van der Waals surface area contributed by atoms with Crippen LogP contribution in [0.5, 0.6) is 0 Å². The van der Waals surface area contributed by atoms with Crippen LogP contribution in [0, 0.1) is 0 Å². The zero-order chi connectivity index (χ0) is 22.9. The molecule has 3 rings (SSSR count). The molecule has 0 radical (unpaired) electrons. The Labute approximate surface area is 177 Å². The highest BCUT2D eigenvalue weighted by Crippen LogP contribution is 2.27. The first-order chi connectivity index (χ1) is 14.6. The molecule has 0 atom stereocenters. The maximum Gasteiger partial charge on any atom is 0.444 e. The lowest BCUT2D eigenvalue weighted by Crippen LogP contribution is -2.56. The molecule has 12 heteroatoms. The average molecular weight is 449 g/mol. The van der Waals surface area contributed by atoms with E-state index in [9.17, 15) is 22.8 Å². The van der Waals surface area contributed by atoms with Gasteiger partial charge in [-0.05, 0) is 44.0 Å². The molecule has 0 aliphatic rings. The summed E-state index contributed by atoms with van der Waals surface area (Å²) >= 11 is 0. The van der Waals surface area contributed by atoms with E-state index in [2.05, 4.69) is 10.1 Å². The monoisotopic (exact) mass is 449 g/mol. The van der Waals surface area contributed by atoms with Crippen LogP contribution < -0.4 is 15.7 Å². The molecule has 1 aromatic carbocycles. The van der Waals surface area contributed by atoms with Crippen molar-refractivity contribution >= 4 is 27.0 Å². The molecule has 166 valence electrons. The SMILES string of the molecule is CCOC(=O)N(n1c(=O)[nH]c2cc(CC)c(-c3ccnn3CC)cc2c1=O)S(C)(=O)=O. The highest BCUT2D eigenvalue weighted by atomic mass is 32.2. The Morgan fingerprint density at radius 3 is 2.52 bits per heavy atom. The van der Waals surface area contributed by atoms with E-state index in [-0.39, 0.29) is 26.6 Å². The van der Waals surface area contributed by atoms with E-state index in [1.165, 1.54) is 6.92 Å². The summed E-state index contributed by atoms with van der Waals surface area (Å²) in [5.41, 5.74) is 0.525. The number of benzene rings is 1. The number of nitrogens with one attached hydrogen (secondary N) is 1. The highest BCUT2D eigenvalue weighted by molar-refractivity contribution is 7.92. The van der Waals surface area contributed by atoms with Crippen molar-refractivity contribution in [3.63, 3.8) is 0 Å². The number of carbonyl (C=O) groups is 1. The quantitative estimate of drug-likeness (QED) is 0.597. The molecule has 1 N–H and O–H groups in total. The fourth-order valence-corrected chi connectivity index (χ4v) is 4.12. The van der Waals surface area contributed by atoms with Crippen LogP contribution in [0.2, 0.25) is 0 Å². The standard InChI is InChI=1S/C19H23N5O6S/c1-5-12-10-15-14(11-13(12)16-8-9-20-22(16)6-2)17(25)23(18(26)21-15)24(31(4,28)29)19(27)30-7-3/h8-11H,5-7H2,1-4H3,(H,21,26). The fourth-order valence-electron chi connectivity index (χ4n) is 3.35. The molecule has 0 fully saturated rings. The number of amides is 1. The van der Waals surface area contributed by atoms with E-state index in [0.717, 1.165) is 11.3 Å². The minimum atomic E-state index is -4.34. The van der Waals surface area contributed by atoms with Gasteiger partial charge in [-0.3, -0.25) is 9.48 Å². The molecule has 0 bridgehead atoms. The number of aromatic nitrogens is 4. The molecule has 0 spiro atoms. The maximum absolute atomic E-state index is 13.2. The molecule has 1 amide bonds. The number of H-pyrrole nitrogens is 1. The van der Waals surface area contributed by atoms with Crippen LogP contribution in [0.25, 0.3) is 22.2 Å². The molecule has 3 aromatic rings. The van der Waals surface area contributed by atoms with Gasteiger partial charge in [-0.25, -0.2) is 18.0 Å². The van der Waals surface area contributed by atoms with Crippen LogP contribution in [0.3, 0.4) is 0 Å². The summed E-state index contributed by atoms with van der Waals surface area (Å²) in [4.78, 5) is 40.6. The molecular weight excluding hydrogens is 426 g/mol. The summed E-state index contributed by atoms with van der Waals surface area (Å²) in [6.07, 6.45) is 1.60. The molecule has 31 heavy (non-hydrogen) atoms. The third-order valence-electron chi connectivity index (χ3n) is 4.69. The maximum atomic E-state index is 13.2. The molecule has 0 saturated heterocycles. The van der Waals surface area contributed by atoms with Gasteiger partial charge in [0.15, 0.2) is 0 Å². The normalized spacial score (nSPS) is 11.6. The minimum Gasteiger partial charge on any atom is -0.448 e. The molecule has 0 saturated carbocycles. The van der Waals surface area contributed by atoms with Gasteiger partial charge in [-0.1, -0.05) is 11.3 Å². The second-order valence-electron chi connectivity index (χ2n) is 6.69. The zero-order valence-electron chi connectivity index (χ0n) is 17.6. The van der Waals surface area contributed by atoms with Gasteiger partial charge < -0.3 is 9.72 Å². The van der Waals surface area contributed by atoms with Gasteiger partial charge in [-0.15, -0.1) is 4.68 Å². The van der Waals surface area contributed by atoms with Gasteiger partial charge in [0.05, 0.1) is 29.5 Å². The van der Waals surface area contributed by atoms with Gasteiger partial charge in [0, 0.05) is 18.3 Å². The number of ether oxygens (including phenoxy) is 1. The second-order valence-corrected chi connectivity index (χ2v) is 8.50. The summed E-state index contributed by atoms with van der Waals surface area (Å²) in [5, 5.41) is 4.29. The Hall–Kier alpha value is -3.41. The van der Waals surface area contributed by atoms with Gasteiger partial charge in [0.1, 0.15) is 0 Å². The highest BCUT2D eigenvalue weighted by Gasteiger charge is 2.31. The van der Waals surface area contributed by atoms with Crippen molar-refractivity contribution in [1.29, 1.82) is 0 Å². The Bertz CT molecular complexity index is 1370. The number of aryl methyl sites for hydroxylation is 2. The summed E-state index contributed by atoms with van der Waals surface area (Å²) < 4.78 is 31.2.